The maximum absolute atomic E-state index is 12.7. The number of carbonyl (C=O) groups excluding carboxylic acids is 1. The second kappa shape index (κ2) is 8.22. The Labute approximate surface area is 162 Å². The lowest BCUT2D eigenvalue weighted by Gasteiger charge is -2.16. The van der Waals surface area contributed by atoms with Gasteiger partial charge in [0, 0.05) is 18.2 Å². The first-order valence-electron chi connectivity index (χ1n) is 8.39. The molecular weight excluding hydrogens is 382 g/mol. The number of nitrogens with one attached hydrogen (secondary N) is 1. The van der Waals surface area contributed by atoms with Crippen LogP contribution < -0.4 is 10.1 Å². The molecule has 1 aromatic heterocycles. The molecular formula is C19H19N3O5S. The summed E-state index contributed by atoms with van der Waals surface area (Å²) in [6, 6.07) is 15.4. The summed E-state index contributed by atoms with van der Waals surface area (Å²) in [5.74, 6) is 0.184. The van der Waals surface area contributed by atoms with Crippen LogP contribution in [0.5, 0.6) is 5.75 Å². The normalized spacial score (nSPS) is 12.4. The quantitative estimate of drug-likeness (QED) is 0.646. The van der Waals surface area contributed by atoms with E-state index in [0.29, 0.717) is 17.7 Å². The number of aromatic nitrogens is 2. The van der Waals surface area contributed by atoms with Gasteiger partial charge in [-0.1, -0.05) is 41.5 Å². The summed E-state index contributed by atoms with van der Waals surface area (Å²) in [6.07, 6.45) is 1.33. The number of methoxy groups -OCH3 is 1. The number of benzene rings is 2. The van der Waals surface area contributed by atoms with Crippen molar-refractivity contribution in [3.63, 3.8) is 0 Å². The number of hydrogen-bond donors (Lipinski definition) is 1. The Morgan fingerprint density at radius 2 is 1.89 bits per heavy atom. The van der Waals surface area contributed by atoms with Crippen molar-refractivity contribution in [2.75, 3.05) is 13.4 Å². The summed E-state index contributed by atoms with van der Waals surface area (Å²) in [5, 5.41) is 9.74. The number of nitrogens with zero attached hydrogens (tertiary/aromatic N) is 2. The van der Waals surface area contributed by atoms with Gasteiger partial charge in [0.1, 0.15) is 11.8 Å². The fraction of sp³-hybridized carbons (Fsp3) is 0.211. The van der Waals surface area contributed by atoms with Gasteiger partial charge < -0.3 is 14.5 Å². The van der Waals surface area contributed by atoms with Crippen molar-refractivity contribution in [1.29, 1.82) is 0 Å². The van der Waals surface area contributed by atoms with E-state index in [1.165, 1.54) is 7.11 Å². The topological polar surface area (TPSA) is 111 Å². The number of rotatable bonds is 7. The van der Waals surface area contributed by atoms with Crippen molar-refractivity contribution in [3.8, 4) is 5.75 Å². The zero-order valence-corrected chi connectivity index (χ0v) is 16.1. The third-order valence-electron chi connectivity index (χ3n) is 3.96. The Morgan fingerprint density at radius 3 is 2.54 bits per heavy atom. The molecule has 0 spiro atoms. The van der Waals surface area contributed by atoms with E-state index >= 15 is 0 Å². The van der Waals surface area contributed by atoms with Crippen molar-refractivity contribution >= 4 is 15.7 Å². The number of amides is 1. The van der Waals surface area contributed by atoms with Gasteiger partial charge >= 0.3 is 5.22 Å². The molecule has 0 aliphatic rings. The van der Waals surface area contributed by atoms with Gasteiger partial charge in [-0.3, -0.25) is 4.79 Å². The van der Waals surface area contributed by atoms with Crippen molar-refractivity contribution in [1.82, 2.24) is 15.5 Å². The van der Waals surface area contributed by atoms with E-state index in [2.05, 4.69) is 15.5 Å². The van der Waals surface area contributed by atoms with Crippen LogP contribution in [0, 0.1) is 0 Å². The molecule has 0 unspecified atom stereocenters. The van der Waals surface area contributed by atoms with E-state index in [1.54, 1.807) is 24.3 Å². The molecule has 0 radical (unpaired) electrons. The van der Waals surface area contributed by atoms with Crippen LogP contribution in [0.1, 0.15) is 27.9 Å². The van der Waals surface area contributed by atoms with Gasteiger partial charge in [-0.25, -0.2) is 8.42 Å². The lowest BCUT2D eigenvalue weighted by molar-refractivity contribution is 0.0928. The summed E-state index contributed by atoms with van der Waals surface area (Å²) in [6.45, 7) is 0. The first kappa shape index (κ1) is 19.6. The molecule has 0 aliphatic heterocycles. The average molecular weight is 401 g/mol. The van der Waals surface area contributed by atoms with Gasteiger partial charge in [0.25, 0.3) is 5.91 Å². The van der Waals surface area contributed by atoms with E-state index in [9.17, 15) is 13.2 Å². The Morgan fingerprint density at radius 1 is 1.14 bits per heavy atom. The van der Waals surface area contributed by atoms with E-state index in [4.69, 9.17) is 9.15 Å². The molecule has 0 aliphatic carbocycles. The lowest BCUT2D eigenvalue weighted by atomic mass is 10.1. The Balaban J connectivity index is 1.89. The van der Waals surface area contributed by atoms with Crippen LogP contribution in [-0.4, -0.2) is 37.9 Å². The van der Waals surface area contributed by atoms with Gasteiger partial charge in [0.2, 0.25) is 15.7 Å². The molecule has 3 rings (SSSR count). The third-order valence-corrected chi connectivity index (χ3v) is 4.76. The fourth-order valence-corrected chi connectivity index (χ4v) is 2.99. The predicted molar refractivity (Wildman–Crippen MR) is 101 cm³/mol. The highest BCUT2D eigenvalue weighted by molar-refractivity contribution is 7.90. The van der Waals surface area contributed by atoms with E-state index in [1.807, 2.05) is 30.3 Å². The standard InChI is InChI=1S/C19H19N3O5S/c1-26-15-10-6-9-14(12-15)17(23)20-16(11-13-7-4-3-5-8-13)18-21-22-19(27-18)28(2,24)25/h3-10,12,16H,11H2,1-2H3,(H,20,23)/t16-/m0/s1. The molecule has 1 heterocycles. The molecule has 0 saturated heterocycles. The van der Waals surface area contributed by atoms with E-state index < -0.39 is 21.1 Å². The van der Waals surface area contributed by atoms with Crippen LogP contribution in [-0.2, 0) is 16.3 Å². The molecule has 0 saturated carbocycles. The molecule has 0 fully saturated rings. The molecule has 1 amide bonds. The molecule has 28 heavy (non-hydrogen) atoms. The molecule has 1 N–H and O–H groups in total. The minimum absolute atomic E-state index is 0.0144. The molecule has 1 atom stereocenters. The molecule has 3 aromatic rings. The van der Waals surface area contributed by atoms with E-state index in [0.717, 1.165) is 11.8 Å². The number of carbonyl (C=O) groups is 1. The van der Waals surface area contributed by atoms with Crippen LogP contribution in [0.25, 0.3) is 0 Å². The monoisotopic (exact) mass is 401 g/mol. The fourth-order valence-electron chi connectivity index (χ4n) is 2.57. The van der Waals surface area contributed by atoms with Crippen LogP contribution in [0.4, 0.5) is 0 Å². The van der Waals surface area contributed by atoms with Crippen LogP contribution in [0.2, 0.25) is 0 Å². The third kappa shape index (κ3) is 4.74. The molecule has 8 nitrogen and oxygen atoms in total. The Bertz CT molecular complexity index is 1060. The van der Waals surface area contributed by atoms with Crippen molar-refractivity contribution in [3.05, 3.63) is 71.6 Å². The van der Waals surface area contributed by atoms with Gasteiger partial charge in [-0.15, -0.1) is 5.10 Å². The summed E-state index contributed by atoms with van der Waals surface area (Å²) in [7, 11) is -2.13. The first-order valence-corrected chi connectivity index (χ1v) is 10.3. The minimum atomic E-state index is -3.65. The van der Waals surface area contributed by atoms with Gasteiger partial charge in [-0.05, 0) is 23.8 Å². The average Bonchev–Trinajstić information content (AvgIpc) is 3.19. The SMILES string of the molecule is COc1cccc(C(=O)N[C@@H](Cc2ccccc2)c2nnc(S(C)(=O)=O)o2)c1. The summed E-state index contributed by atoms with van der Waals surface area (Å²) in [4.78, 5) is 12.7. The largest absolute Gasteiger partial charge is 0.497 e. The first-order chi connectivity index (χ1) is 13.4. The second-order valence-corrected chi connectivity index (χ2v) is 8.02. The Kier molecular flexibility index (Phi) is 5.74. The van der Waals surface area contributed by atoms with Gasteiger partial charge in [0.05, 0.1) is 7.11 Å². The number of hydrogen-bond acceptors (Lipinski definition) is 7. The summed E-state index contributed by atoms with van der Waals surface area (Å²) in [5.41, 5.74) is 1.30. The molecule has 146 valence electrons. The highest BCUT2D eigenvalue weighted by atomic mass is 32.2. The van der Waals surface area contributed by atoms with E-state index in [-0.39, 0.29) is 11.8 Å². The maximum Gasteiger partial charge on any atom is 0.335 e. The lowest BCUT2D eigenvalue weighted by Crippen LogP contribution is -2.30. The maximum atomic E-state index is 12.7. The highest BCUT2D eigenvalue weighted by Crippen LogP contribution is 2.21. The minimum Gasteiger partial charge on any atom is -0.497 e. The second-order valence-electron chi connectivity index (χ2n) is 6.13. The molecule has 9 heteroatoms. The molecule has 2 aromatic carbocycles. The smallest absolute Gasteiger partial charge is 0.335 e. The highest BCUT2D eigenvalue weighted by Gasteiger charge is 2.25. The molecule has 0 bridgehead atoms. The summed E-state index contributed by atoms with van der Waals surface area (Å²) >= 11 is 0. The van der Waals surface area contributed by atoms with Crippen molar-refractivity contribution < 1.29 is 22.4 Å². The summed E-state index contributed by atoms with van der Waals surface area (Å²) < 4.78 is 33.7. The van der Waals surface area contributed by atoms with Crippen molar-refractivity contribution in [2.24, 2.45) is 0 Å². The van der Waals surface area contributed by atoms with Crippen LogP contribution in [0.3, 0.4) is 0 Å². The predicted octanol–water partition coefficient (Wildman–Crippen LogP) is 2.20. The van der Waals surface area contributed by atoms with Crippen LogP contribution >= 0.6 is 0 Å². The zero-order valence-electron chi connectivity index (χ0n) is 15.3. The van der Waals surface area contributed by atoms with Gasteiger partial charge in [0.15, 0.2) is 0 Å². The Hall–Kier alpha value is -3.20. The zero-order chi connectivity index (χ0) is 20.1. The van der Waals surface area contributed by atoms with Crippen LogP contribution in [0.15, 0.2) is 64.2 Å². The van der Waals surface area contributed by atoms with Crippen molar-refractivity contribution in [2.45, 2.75) is 17.7 Å². The number of sulfone groups is 1. The number of ether oxygens (including phenoxy) is 1. The van der Waals surface area contributed by atoms with Gasteiger partial charge in [-0.2, -0.15) is 0 Å².